The number of nitrogens with zero attached hydrogens (tertiary/aromatic N) is 4. The van der Waals surface area contributed by atoms with Crippen LogP contribution in [0.15, 0.2) is 66.9 Å². The summed E-state index contributed by atoms with van der Waals surface area (Å²) in [5.74, 6) is -0.425. The van der Waals surface area contributed by atoms with E-state index in [0.29, 0.717) is 23.6 Å². The summed E-state index contributed by atoms with van der Waals surface area (Å²) in [5.41, 5.74) is 2.20. The lowest BCUT2D eigenvalue weighted by Gasteiger charge is -2.16. The third kappa shape index (κ3) is 4.12. The first kappa shape index (κ1) is 19.5. The summed E-state index contributed by atoms with van der Waals surface area (Å²) in [6, 6.07) is 15.1. The number of hydrogen-bond acceptors (Lipinski definition) is 4. The zero-order chi connectivity index (χ0) is 21.1. The van der Waals surface area contributed by atoms with E-state index in [2.05, 4.69) is 10.1 Å². The van der Waals surface area contributed by atoms with E-state index in [-0.39, 0.29) is 29.8 Å². The van der Waals surface area contributed by atoms with Gasteiger partial charge in [0.15, 0.2) is 11.3 Å². The molecule has 0 radical (unpaired) electrons. The van der Waals surface area contributed by atoms with Crippen LogP contribution in [-0.4, -0.2) is 45.6 Å². The van der Waals surface area contributed by atoms with Gasteiger partial charge in [0.2, 0.25) is 0 Å². The maximum atomic E-state index is 13.2. The molecule has 0 spiro atoms. The zero-order valence-corrected chi connectivity index (χ0v) is 16.1. The lowest BCUT2D eigenvalue weighted by molar-refractivity contribution is 0.0767. The highest BCUT2D eigenvalue weighted by atomic mass is 19.1. The Morgan fingerprint density at radius 2 is 1.70 bits per heavy atom. The van der Waals surface area contributed by atoms with Gasteiger partial charge < -0.3 is 9.64 Å². The van der Waals surface area contributed by atoms with Crippen LogP contribution in [-0.2, 0) is 0 Å². The Morgan fingerprint density at radius 3 is 2.40 bits per heavy atom. The van der Waals surface area contributed by atoms with Crippen LogP contribution in [0.5, 0.6) is 5.75 Å². The predicted molar refractivity (Wildman–Crippen MR) is 107 cm³/mol. The molecule has 0 atom stereocenters. The predicted octanol–water partition coefficient (Wildman–Crippen LogP) is 3.83. The van der Waals surface area contributed by atoms with Gasteiger partial charge in [0.1, 0.15) is 24.0 Å². The van der Waals surface area contributed by atoms with Crippen molar-refractivity contribution in [3.8, 4) is 17.0 Å². The number of aromatic nitrogens is 3. The topological polar surface area (TPSA) is 59.7 Å². The fourth-order valence-corrected chi connectivity index (χ4v) is 2.97. The van der Waals surface area contributed by atoms with E-state index in [1.165, 1.54) is 41.3 Å². The van der Waals surface area contributed by atoms with E-state index in [1.54, 1.807) is 42.0 Å². The molecule has 0 unspecified atom stereocenters. The van der Waals surface area contributed by atoms with Gasteiger partial charge in [-0.15, -0.1) is 0 Å². The Hall–Kier alpha value is -3.81. The average Bonchev–Trinajstić information content (AvgIpc) is 3.19. The third-order valence-electron chi connectivity index (χ3n) is 4.57. The first-order chi connectivity index (χ1) is 14.5. The number of likely N-dealkylation sites (N-methyl/N-ethyl adjacent to an activating group) is 1. The van der Waals surface area contributed by atoms with E-state index in [1.807, 2.05) is 0 Å². The van der Waals surface area contributed by atoms with Crippen molar-refractivity contribution in [2.75, 3.05) is 20.2 Å². The lowest BCUT2D eigenvalue weighted by atomic mass is 10.1. The molecule has 2 aromatic heterocycles. The Morgan fingerprint density at radius 1 is 1.03 bits per heavy atom. The van der Waals surface area contributed by atoms with Gasteiger partial charge in [-0.2, -0.15) is 5.10 Å². The zero-order valence-electron chi connectivity index (χ0n) is 16.1. The normalized spacial score (nSPS) is 10.9. The highest BCUT2D eigenvalue weighted by molar-refractivity contribution is 5.93. The SMILES string of the molecule is CN(CCOc1ccc(F)cc1)C(=O)c1cc2nccc(-c3ccc(F)cc3)n2n1. The van der Waals surface area contributed by atoms with Gasteiger partial charge in [-0.1, -0.05) is 0 Å². The van der Waals surface area contributed by atoms with Crippen LogP contribution in [0.2, 0.25) is 0 Å². The Kier molecular flexibility index (Phi) is 5.38. The molecule has 30 heavy (non-hydrogen) atoms. The molecule has 2 heterocycles. The number of benzene rings is 2. The lowest BCUT2D eigenvalue weighted by Crippen LogP contribution is -2.31. The first-order valence-electron chi connectivity index (χ1n) is 9.26. The second-order valence-electron chi connectivity index (χ2n) is 6.67. The van der Waals surface area contributed by atoms with Crippen LogP contribution < -0.4 is 4.74 Å². The highest BCUT2D eigenvalue weighted by Crippen LogP contribution is 2.21. The van der Waals surface area contributed by atoms with Gasteiger partial charge in [0.25, 0.3) is 5.91 Å². The third-order valence-corrected chi connectivity index (χ3v) is 4.57. The Balaban J connectivity index is 1.48. The molecule has 4 aromatic rings. The van der Waals surface area contributed by atoms with Crippen molar-refractivity contribution in [1.82, 2.24) is 19.5 Å². The largest absolute Gasteiger partial charge is 0.492 e. The second kappa shape index (κ2) is 8.28. The van der Waals surface area contributed by atoms with Gasteiger partial charge in [-0.3, -0.25) is 4.79 Å². The van der Waals surface area contributed by atoms with Crippen molar-refractivity contribution >= 4 is 11.6 Å². The van der Waals surface area contributed by atoms with Crippen molar-refractivity contribution in [2.45, 2.75) is 0 Å². The number of carbonyl (C=O) groups excluding carboxylic acids is 1. The van der Waals surface area contributed by atoms with E-state index >= 15 is 0 Å². The molecular formula is C22H18F2N4O2. The molecule has 6 nitrogen and oxygen atoms in total. The minimum Gasteiger partial charge on any atom is -0.492 e. The Labute approximate surface area is 171 Å². The number of rotatable bonds is 6. The molecule has 8 heteroatoms. The summed E-state index contributed by atoms with van der Waals surface area (Å²) in [6.07, 6.45) is 1.62. The number of fused-ring (bicyclic) bond motifs is 1. The number of hydrogen-bond donors (Lipinski definition) is 0. The summed E-state index contributed by atoms with van der Waals surface area (Å²) in [7, 11) is 1.65. The van der Waals surface area contributed by atoms with Crippen molar-refractivity contribution in [2.24, 2.45) is 0 Å². The average molecular weight is 408 g/mol. The first-order valence-corrected chi connectivity index (χ1v) is 9.26. The summed E-state index contributed by atoms with van der Waals surface area (Å²) in [6.45, 7) is 0.572. The van der Waals surface area contributed by atoms with Gasteiger partial charge in [0, 0.05) is 24.9 Å². The van der Waals surface area contributed by atoms with Crippen LogP contribution in [0.1, 0.15) is 10.5 Å². The fraction of sp³-hybridized carbons (Fsp3) is 0.136. The quantitative estimate of drug-likeness (QED) is 0.487. The minimum atomic E-state index is -0.338. The van der Waals surface area contributed by atoms with Crippen molar-refractivity contribution in [3.05, 3.63) is 84.2 Å². The van der Waals surface area contributed by atoms with Crippen molar-refractivity contribution in [1.29, 1.82) is 0 Å². The van der Waals surface area contributed by atoms with Crippen LogP contribution in [0.25, 0.3) is 16.9 Å². The summed E-state index contributed by atoms with van der Waals surface area (Å²) >= 11 is 0. The van der Waals surface area contributed by atoms with Crippen LogP contribution in [0.3, 0.4) is 0 Å². The molecule has 0 N–H and O–H groups in total. The van der Waals surface area contributed by atoms with Crippen LogP contribution in [0, 0.1) is 11.6 Å². The molecule has 152 valence electrons. The van der Waals surface area contributed by atoms with Crippen molar-refractivity contribution < 1.29 is 18.3 Å². The van der Waals surface area contributed by atoms with E-state index < -0.39 is 0 Å². The fourth-order valence-electron chi connectivity index (χ4n) is 2.97. The molecule has 0 aliphatic rings. The van der Waals surface area contributed by atoms with E-state index in [0.717, 1.165) is 5.56 Å². The van der Waals surface area contributed by atoms with Crippen molar-refractivity contribution in [3.63, 3.8) is 0 Å². The number of amides is 1. The van der Waals surface area contributed by atoms with Crippen LogP contribution >= 0.6 is 0 Å². The number of carbonyl (C=O) groups is 1. The molecule has 1 amide bonds. The van der Waals surface area contributed by atoms with Crippen LogP contribution in [0.4, 0.5) is 8.78 Å². The molecule has 4 rings (SSSR count). The summed E-state index contributed by atoms with van der Waals surface area (Å²) in [5, 5.41) is 4.40. The van der Waals surface area contributed by atoms with E-state index in [4.69, 9.17) is 4.74 Å². The monoisotopic (exact) mass is 408 g/mol. The number of halogens is 2. The maximum absolute atomic E-state index is 13.2. The molecule has 0 saturated carbocycles. The Bertz CT molecular complexity index is 1170. The number of ether oxygens (including phenoxy) is 1. The molecule has 0 saturated heterocycles. The second-order valence-corrected chi connectivity index (χ2v) is 6.67. The molecule has 0 fully saturated rings. The summed E-state index contributed by atoms with van der Waals surface area (Å²) in [4.78, 5) is 18.5. The molecule has 0 aliphatic heterocycles. The molecule has 0 aliphatic carbocycles. The van der Waals surface area contributed by atoms with Gasteiger partial charge in [-0.25, -0.2) is 18.3 Å². The summed E-state index contributed by atoms with van der Waals surface area (Å²) < 4.78 is 33.3. The highest BCUT2D eigenvalue weighted by Gasteiger charge is 2.17. The van der Waals surface area contributed by atoms with Gasteiger partial charge >= 0.3 is 0 Å². The van der Waals surface area contributed by atoms with Gasteiger partial charge in [0.05, 0.1) is 12.2 Å². The van der Waals surface area contributed by atoms with Gasteiger partial charge in [-0.05, 0) is 54.6 Å². The molecular weight excluding hydrogens is 390 g/mol. The minimum absolute atomic E-state index is 0.237. The standard InChI is InChI=1S/C22H18F2N4O2/c1-27(12-13-30-18-8-6-17(24)7-9-18)22(29)19-14-21-25-11-10-20(28(21)26-19)15-2-4-16(23)5-3-15/h2-11,14H,12-13H2,1H3. The molecule has 2 aromatic carbocycles. The molecule has 0 bridgehead atoms. The van der Waals surface area contributed by atoms with E-state index in [9.17, 15) is 13.6 Å². The maximum Gasteiger partial charge on any atom is 0.274 e. The smallest absolute Gasteiger partial charge is 0.274 e.